The van der Waals surface area contributed by atoms with Crippen LogP contribution in [-0.4, -0.2) is 18.9 Å². The minimum Gasteiger partial charge on any atom is -0.495 e. The summed E-state index contributed by atoms with van der Waals surface area (Å²) in [6, 6.07) is 19.4. The molecule has 0 aliphatic heterocycles. The molecule has 0 atom stereocenters. The Balaban J connectivity index is 1.48. The molecule has 7 heteroatoms. The molecule has 0 saturated carbocycles. The zero-order valence-corrected chi connectivity index (χ0v) is 18.4. The molecule has 6 nitrogen and oxygen atoms in total. The largest absolute Gasteiger partial charge is 0.495 e. The van der Waals surface area contributed by atoms with E-state index in [2.05, 4.69) is 26.6 Å². The van der Waals surface area contributed by atoms with Gasteiger partial charge in [-0.05, 0) is 61.5 Å². The highest BCUT2D eigenvalue weighted by Gasteiger charge is 2.18. The molecule has 0 aliphatic carbocycles. The number of aryl methyl sites for hydroxylation is 1. The van der Waals surface area contributed by atoms with E-state index in [4.69, 9.17) is 9.15 Å². The van der Waals surface area contributed by atoms with Gasteiger partial charge in [0, 0.05) is 26.7 Å². The van der Waals surface area contributed by atoms with Gasteiger partial charge in [0.1, 0.15) is 11.3 Å². The molecule has 4 rings (SSSR count). The van der Waals surface area contributed by atoms with Crippen molar-refractivity contribution in [3.05, 3.63) is 88.1 Å². The van der Waals surface area contributed by atoms with Crippen LogP contribution in [0.1, 0.15) is 26.5 Å². The molecule has 3 aromatic carbocycles. The molecule has 0 unspecified atom stereocenters. The molecule has 0 aliphatic rings. The van der Waals surface area contributed by atoms with Gasteiger partial charge in [0.2, 0.25) is 0 Å². The molecule has 4 aromatic rings. The fraction of sp³-hybridized carbons (Fsp3) is 0.0833. The van der Waals surface area contributed by atoms with Crippen molar-refractivity contribution in [1.29, 1.82) is 0 Å². The van der Waals surface area contributed by atoms with Crippen molar-refractivity contribution in [3.63, 3.8) is 0 Å². The van der Waals surface area contributed by atoms with Gasteiger partial charge in [0.05, 0.1) is 12.8 Å². The van der Waals surface area contributed by atoms with Crippen LogP contribution >= 0.6 is 15.9 Å². The number of rotatable bonds is 5. The van der Waals surface area contributed by atoms with E-state index in [0.29, 0.717) is 28.3 Å². The summed E-state index contributed by atoms with van der Waals surface area (Å²) in [6.45, 7) is 1.85. The van der Waals surface area contributed by atoms with Crippen molar-refractivity contribution >= 4 is 50.1 Å². The molecular formula is C24H19BrN2O4. The number of hydrogen-bond donors (Lipinski definition) is 2. The van der Waals surface area contributed by atoms with Crippen LogP contribution in [0.25, 0.3) is 11.0 Å². The van der Waals surface area contributed by atoms with Crippen molar-refractivity contribution in [1.82, 2.24) is 0 Å². The summed E-state index contributed by atoms with van der Waals surface area (Å²) in [5.74, 6) is 0.205. The first kappa shape index (κ1) is 20.7. The Morgan fingerprint density at radius 2 is 1.68 bits per heavy atom. The van der Waals surface area contributed by atoms with Crippen LogP contribution in [-0.2, 0) is 0 Å². The van der Waals surface area contributed by atoms with E-state index < -0.39 is 0 Å². The van der Waals surface area contributed by atoms with Crippen LogP contribution in [0.15, 0.2) is 75.6 Å². The summed E-state index contributed by atoms with van der Waals surface area (Å²) >= 11 is 3.43. The second-order valence-electron chi connectivity index (χ2n) is 6.88. The molecule has 1 heterocycles. The number of halogens is 1. The van der Waals surface area contributed by atoms with Gasteiger partial charge in [-0.25, -0.2) is 0 Å². The van der Waals surface area contributed by atoms with E-state index in [1.165, 1.54) is 0 Å². The Morgan fingerprint density at radius 3 is 2.42 bits per heavy atom. The highest BCUT2D eigenvalue weighted by molar-refractivity contribution is 9.10. The number of hydrogen-bond acceptors (Lipinski definition) is 4. The van der Waals surface area contributed by atoms with E-state index in [0.717, 1.165) is 15.4 Å². The number of ether oxygens (including phenoxy) is 1. The molecule has 0 spiro atoms. The highest BCUT2D eigenvalue weighted by atomic mass is 79.9. The van der Waals surface area contributed by atoms with Crippen LogP contribution in [0.2, 0.25) is 0 Å². The SMILES string of the molecule is COc1ccccc1NC(=O)c1ccc(NC(=O)c2oc3ccc(Br)cc3c2C)cc1. The maximum atomic E-state index is 12.7. The predicted molar refractivity (Wildman–Crippen MR) is 124 cm³/mol. The molecule has 0 fully saturated rings. The van der Waals surface area contributed by atoms with E-state index >= 15 is 0 Å². The Labute approximate surface area is 187 Å². The van der Waals surface area contributed by atoms with Crippen LogP contribution < -0.4 is 15.4 Å². The molecule has 156 valence electrons. The zero-order chi connectivity index (χ0) is 22.0. The average molecular weight is 479 g/mol. The molecular weight excluding hydrogens is 460 g/mol. The van der Waals surface area contributed by atoms with Gasteiger partial charge in [0.15, 0.2) is 5.76 Å². The van der Waals surface area contributed by atoms with E-state index in [1.54, 1.807) is 43.5 Å². The molecule has 0 radical (unpaired) electrons. The average Bonchev–Trinajstić information content (AvgIpc) is 3.10. The number of fused-ring (bicyclic) bond motifs is 1. The summed E-state index contributed by atoms with van der Waals surface area (Å²) in [4.78, 5) is 25.2. The Kier molecular flexibility index (Phi) is 5.77. The number of furan rings is 1. The zero-order valence-electron chi connectivity index (χ0n) is 16.9. The topological polar surface area (TPSA) is 80.6 Å². The third-order valence-electron chi connectivity index (χ3n) is 4.86. The van der Waals surface area contributed by atoms with Crippen LogP contribution in [0.3, 0.4) is 0 Å². The number of amides is 2. The van der Waals surface area contributed by atoms with Crippen LogP contribution in [0.4, 0.5) is 11.4 Å². The second kappa shape index (κ2) is 8.65. The lowest BCUT2D eigenvalue weighted by molar-refractivity contribution is 0.0996. The van der Waals surface area contributed by atoms with Crippen LogP contribution in [0, 0.1) is 6.92 Å². The maximum absolute atomic E-state index is 12.7. The number of benzene rings is 3. The lowest BCUT2D eigenvalue weighted by Gasteiger charge is -2.10. The quantitative estimate of drug-likeness (QED) is 0.367. The van der Waals surface area contributed by atoms with Gasteiger partial charge in [-0.3, -0.25) is 9.59 Å². The highest BCUT2D eigenvalue weighted by Crippen LogP contribution is 2.29. The first-order valence-electron chi connectivity index (χ1n) is 9.50. The van der Waals surface area contributed by atoms with Gasteiger partial charge in [-0.2, -0.15) is 0 Å². The first-order valence-corrected chi connectivity index (χ1v) is 10.3. The van der Waals surface area contributed by atoms with Gasteiger partial charge in [0.25, 0.3) is 11.8 Å². The Hall–Kier alpha value is -3.58. The van der Waals surface area contributed by atoms with E-state index in [1.807, 2.05) is 37.3 Å². The smallest absolute Gasteiger partial charge is 0.291 e. The Bertz CT molecular complexity index is 1280. The maximum Gasteiger partial charge on any atom is 0.291 e. The Morgan fingerprint density at radius 1 is 0.935 bits per heavy atom. The normalized spacial score (nSPS) is 10.7. The minimum atomic E-state index is -0.351. The summed E-state index contributed by atoms with van der Waals surface area (Å²) in [7, 11) is 1.55. The van der Waals surface area contributed by atoms with Crippen molar-refractivity contribution in [2.45, 2.75) is 6.92 Å². The summed E-state index contributed by atoms with van der Waals surface area (Å²) in [6.07, 6.45) is 0. The molecule has 0 saturated heterocycles. The first-order chi connectivity index (χ1) is 15.0. The molecule has 2 N–H and O–H groups in total. The number of nitrogens with one attached hydrogen (secondary N) is 2. The predicted octanol–water partition coefficient (Wildman–Crippen LogP) is 6.02. The van der Waals surface area contributed by atoms with Crippen molar-refractivity contribution in [3.8, 4) is 5.75 Å². The minimum absolute atomic E-state index is 0.256. The van der Waals surface area contributed by atoms with Gasteiger partial charge in [-0.1, -0.05) is 28.1 Å². The summed E-state index contributed by atoms with van der Waals surface area (Å²) < 4.78 is 11.9. The number of anilines is 2. The molecule has 2 amide bonds. The number of carbonyl (C=O) groups excluding carboxylic acids is 2. The molecule has 1 aromatic heterocycles. The lowest BCUT2D eigenvalue weighted by atomic mass is 10.1. The number of para-hydroxylation sites is 2. The third kappa shape index (κ3) is 4.32. The van der Waals surface area contributed by atoms with Crippen molar-refractivity contribution in [2.24, 2.45) is 0 Å². The fourth-order valence-electron chi connectivity index (χ4n) is 3.24. The van der Waals surface area contributed by atoms with Gasteiger partial charge < -0.3 is 19.8 Å². The van der Waals surface area contributed by atoms with Gasteiger partial charge in [-0.15, -0.1) is 0 Å². The third-order valence-corrected chi connectivity index (χ3v) is 5.36. The van der Waals surface area contributed by atoms with Crippen LogP contribution in [0.5, 0.6) is 5.75 Å². The van der Waals surface area contributed by atoms with Crippen molar-refractivity contribution < 1.29 is 18.7 Å². The molecule has 31 heavy (non-hydrogen) atoms. The summed E-state index contributed by atoms with van der Waals surface area (Å²) in [5, 5.41) is 6.51. The van der Waals surface area contributed by atoms with Crippen molar-refractivity contribution in [2.75, 3.05) is 17.7 Å². The fourth-order valence-corrected chi connectivity index (χ4v) is 3.61. The lowest BCUT2D eigenvalue weighted by Crippen LogP contribution is -2.14. The van der Waals surface area contributed by atoms with Gasteiger partial charge >= 0.3 is 0 Å². The second-order valence-corrected chi connectivity index (χ2v) is 7.80. The monoisotopic (exact) mass is 478 g/mol. The summed E-state index contributed by atoms with van der Waals surface area (Å²) in [5.41, 5.74) is 3.00. The standard InChI is InChI=1S/C24H19BrN2O4/c1-14-18-13-16(25)9-12-20(18)31-22(14)24(29)26-17-10-7-15(8-11-17)23(28)27-19-5-3-4-6-21(19)30-2/h3-13H,1-2H3,(H,26,29)(H,27,28). The number of methoxy groups -OCH3 is 1. The van der Waals surface area contributed by atoms with E-state index in [9.17, 15) is 9.59 Å². The molecule has 0 bridgehead atoms. The van der Waals surface area contributed by atoms with E-state index in [-0.39, 0.29) is 17.6 Å². The number of carbonyl (C=O) groups is 2.